The van der Waals surface area contributed by atoms with E-state index in [0.717, 1.165) is 61.3 Å². The lowest BCUT2D eigenvalue weighted by Gasteiger charge is -2.34. The van der Waals surface area contributed by atoms with Crippen LogP contribution in [0, 0.1) is 30.1 Å². The largest absolute Gasteiger partial charge is 0.341 e. The highest BCUT2D eigenvalue weighted by Crippen LogP contribution is 2.69. The van der Waals surface area contributed by atoms with Gasteiger partial charge in [0.2, 0.25) is 5.95 Å². The summed E-state index contributed by atoms with van der Waals surface area (Å²) in [6, 6.07) is 5.69. The molecular formula is C25H32N4O2S. The number of hydrogen-bond donors (Lipinski definition) is 1. The van der Waals surface area contributed by atoms with Crippen molar-refractivity contribution in [3.05, 3.63) is 36.0 Å². The SMILES string of the molecule is Cc1nc(N2CCC(NC[C@@H]3C[C@H]4C=C[C@@H]3C43CC3)CC2)nc2cc(S(C)(=O)=O)ccc12. The summed E-state index contributed by atoms with van der Waals surface area (Å²) in [4.78, 5) is 12.0. The smallest absolute Gasteiger partial charge is 0.226 e. The lowest BCUT2D eigenvalue weighted by molar-refractivity contribution is 0.322. The number of aromatic nitrogens is 2. The summed E-state index contributed by atoms with van der Waals surface area (Å²) in [5, 5.41) is 4.79. The highest BCUT2D eigenvalue weighted by molar-refractivity contribution is 7.90. The molecule has 2 heterocycles. The van der Waals surface area contributed by atoms with Gasteiger partial charge in [-0.2, -0.15) is 0 Å². The molecule has 1 N–H and O–H groups in total. The number of allylic oxidation sites excluding steroid dienone is 2. The van der Waals surface area contributed by atoms with E-state index in [1.165, 1.54) is 25.5 Å². The van der Waals surface area contributed by atoms with E-state index in [2.05, 4.69) is 22.4 Å². The number of fused-ring (bicyclic) bond motifs is 1. The first-order chi connectivity index (χ1) is 15.3. The maximum atomic E-state index is 12.0. The molecular weight excluding hydrogens is 420 g/mol. The van der Waals surface area contributed by atoms with Crippen LogP contribution in [-0.2, 0) is 9.84 Å². The molecule has 3 aliphatic carbocycles. The topological polar surface area (TPSA) is 75.2 Å². The zero-order valence-electron chi connectivity index (χ0n) is 18.9. The Kier molecular flexibility index (Phi) is 4.67. The van der Waals surface area contributed by atoms with Crippen molar-refractivity contribution < 1.29 is 8.42 Å². The second-order valence-electron chi connectivity index (χ2n) is 10.5. The van der Waals surface area contributed by atoms with Crippen molar-refractivity contribution in [3.63, 3.8) is 0 Å². The summed E-state index contributed by atoms with van der Waals surface area (Å²) in [6.45, 7) is 4.97. The van der Waals surface area contributed by atoms with E-state index in [0.29, 0.717) is 27.8 Å². The van der Waals surface area contributed by atoms with Crippen LogP contribution >= 0.6 is 0 Å². The molecule has 1 aromatic heterocycles. The van der Waals surface area contributed by atoms with Gasteiger partial charge < -0.3 is 10.2 Å². The Morgan fingerprint density at radius 1 is 1.16 bits per heavy atom. The van der Waals surface area contributed by atoms with Crippen LogP contribution in [0.3, 0.4) is 0 Å². The van der Waals surface area contributed by atoms with E-state index in [1.807, 2.05) is 13.0 Å². The fourth-order valence-corrected chi connectivity index (χ4v) is 7.22. The molecule has 1 aliphatic heterocycles. The summed E-state index contributed by atoms with van der Waals surface area (Å²) >= 11 is 0. The van der Waals surface area contributed by atoms with E-state index in [9.17, 15) is 8.42 Å². The zero-order valence-corrected chi connectivity index (χ0v) is 19.7. The van der Waals surface area contributed by atoms with Crippen molar-refractivity contribution in [1.82, 2.24) is 15.3 Å². The van der Waals surface area contributed by atoms with Gasteiger partial charge in [0.1, 0.15) is 0 Å². The fraction of sp³-hybridized carbons (Fsp3) is 0.600. The molecule has 3 fully saturated rings. The Bertz CT molecular complexity index is 1200. The number of nitrogens with zero attached hydrogens (tertiary/aromatic N) is 3. The summed E-state index contributed by atoms with van der Waals surface area (Å²) in [5.41, 5.74) is 2.27. The van der Waals surface area contributed by atoms with Crippen molar-refractivity contribution in [2.45, 2.75) is 50.0 Å². The molecule has 2 saturated carbocycles. The minimum Gasteiger partial charge on any atom is -0.341 e. The molecule has 2 bridgehead atoms. The Labute approximate surface area is 190 Å². The highest BCUT2D eigenvalue weighted by atomic mass is 32.2. The molecule has 6 nitrogen and oxygen atoms in total. The van der Waals surface area contributed by atoms with E-state index < -0.39 is 9.84 Å². The number of hydrogen-bond acceptors (Lipinski definition) is 6. The first-order valence-corrected chi connectivity index (χ1v) is 13.9. The normalized spacial score (nSPS) is 28.8. The van der Waals surface area contributed by atoms with Gasteiger partial charge >= 0.3 is 0 Å². The molecule has 3 atom stereocenters. The van der Waals surface area contributed by atoms with E-state index in [-0.39, 0.29) is 0 Å². The Morgan fingerprint density at radius 2 is 1.94 bits per heavy atom. The van der Waals surface area contributed by atoms with Crippen LogP contribution in [0.25, 0.3) is 10.9 Å². The first-order valence-electron chi connectivity index (χ1n) is 12.0. The molecule has 4 aliphatic rings. The highest BCUT2D eigenvalue weighted by Gasteiger charge is 2.62. The molecule has 0 amide bonds. The second kappa shape index (κ2) is 7.26. The maximum absolute atomic E-state index is 12.0. The van der Waals surface area contributed by atoms with Crippen LogP contribution in [0.15, 0.2) is 35.2 Å². The first kappa shape index (κ1) is 20.6. The van der Waals surface area contributed by atoms with Gasteiger partial charge in [0.15, 0.2) is 9.84 Å². The van der Waals surface area contributed by atoms with Crippen LogP contribution in [0.2, 0.25) is 0 Å². The predicted octanol–water partition coefficient (Wildman–Crippen LogP) is 3.50. The Morgan fingerprint density at radius 3 is 2.62 bits per heavy atom. The molecule has 0 radical (unpaired) electrons. The van der Waals surface area contributed by atoms with Gasteiger partial charge in [0.25, 0.3) is 0 Å². The summed E-state index contributed by atoms with van der Waals surface area (Å²) in [7, 11) is -3.26. The fourth-order valence-electron chi connectivity index (χ4n) is 6.58. The van der Waals surface area contributed by atoms with Gasteiger partial charge in [-0.1, -0.05) is 12.2 Å². The number of rotatable bonds is 5. The average Bonchev–Trinajstić information content (AvgIpc) is 3.44. The molecule has 170 valence electrons. The Balaban J connectivity index is 1.10. The lowest BCUT2D eigenvalue weighted by Crippen LogP contribution is -2.44. The molecule has 0 unspecified atom stereocenters. The molecule has 7 heteroatoms. The minimum atomic E-state index is -3.26. The predicted molar refractivity (Wildman–Crippen MR) is 127 cm³/mol. The maximum Gasteiger partial charge on any atom is 0.226 e. The number of benzene rings is 1. The number of nitrogens with one attached hydrogen (secondary N) is 1. The van der Waals surface area contributed by atoms with Gasteiger partial charge in [-0.3, -0.25) is 0 Å². The van der Waals surface area contributed by atoms with Crippen molar-refractivity contribution in [2.75, 3.05) is 30.8 Å². The molecule has 1 aromatic carbocycles. The quantitative estimate of drug-likeness (QED) is 0.700. The zero-order chi connectivity index (χ0) is 22.1. The third-order valence-corrected chi connectivity index (χ3v) is 9.68. The minimum absolute atomic E-state index is 0.306. The molecule has 6 rings (SSSR count). The van der Waals surface area contributed by atoms with Gasteiger partial charge in [-0.05, 0) is 86.9 Å². The lowest BCUT2D eigenvalue weighted by atomic mass is 9.88. The van der Waals surface area contributed by atoms with Crippen LogP contribution < -0.4 is 10.2 Å². The van der Waals surface area contributed by atoms with Crippen molar-refractivity contribution >= 4 is 26.7 Å². The van der Waals surface area contributed by atoms with Gasteiger partial charge in [-0.15, -0.1) is 0 Å². The van der Waals surface area contributed by atoms with Crippen LogP contribution in [-0.4, -0.2) is 50.3 Å². The van der Waals surface area contributed by atoms with Crippen LogP contribution in [0.1, 0.15) is 37.8 Å². The van der Waals surface area contributed by atoms with E-state index in [4.69, 9.17) is 9.97 Å². The van der Waals surface area contributed by atoms with Gasteiger partial charge in [-0.25, -0.2) is 18.4 Å². The summed E-state index contributed by atoms with van der Waals surface area (Å²) in [6.07, 6.45) is 12.7. The number of piperidine rings is 1. The van der Waals surface area contributed by atoms with Gasteiger partial charge in [0.05, 0.1) is 16.1 Å². The third-order valence-electron chi connectivity index (χ3n) is 8.57. The summed E-state index contributed by atoms with van der Waals surface area (Å²) in [5.74, 6) is 3.22. The van der Waals surface area contributed by atoms with Crippen molar-refractivity contribution in [3.8, 4) is 0 Å². The van der Waals surface area contributed by atoms with Crippen molar-refractivity contribution in [1.29, 1.82) is 0 Å². The van der Waals surface area contributed by atoms with E-state index >= 15 is 0 Å². The monoisotopic (exact) mass is 452 g/mol. The molecule has 1 saturated heterocycles. The number of anilines is 1. The second-order valence-corrected chi connectivity index (χ2v) is 12.5. The Hall–Kier alpha value is -1.99. The van der Waals surface area contributed by atoms with Crippen LogP contribution in [0.4, 0.5) is 5.95 Å². The molecule has 2 aromatic rings. The third kappa shape index (κ3) is 3.36. The molecule has 32 heavy (non-hydrogen) atoms. The van der Waals surface area contributed by atoms with E-state index in [1.54, 1.807) is 12.1 Å². The van der Waals surface area contributed by atoms with Crippen LogP contribution in [0.5, 0.6) is 0 Å². The number of aryl methyl sites for hydroxylation is 1. The average molecular weight is 453 g/mol. The van der Waals surface area contributed by atoms with Gasteiger partial charge in [0, 0.05) is 30.8 Å². The summed E-state index contributed by atoms with van der Waals surface area (Å²) < 4.78 is 23.9. The molecule has 1 spiro atoms. The van der Waals surface area contributed by atoms with Crippen molar-refractivity contribution in [2.24, 2.45) is 23.2 Å². The standard InChI is InChI=1S/C25H32N4O2S/c1-16-21-5-4-20(32(2,30)31)14-23(21)28-24(27-16)29-11-7-19(8-12-29)26-15-17-13-18-3-6-22(17)25(18)9-10-25/h3-6,14,17-19,22,26H,7-13,15H2,1-2H3/t17-,18+,22-/m0/s1. The number of sulfone groups is 1.